The lowest BCUT2D eigenvalue weighted by atomic mass is 9.74. The molecule has 0 aliphatic heterocycles. The molecule has 20 heavy (non-hydrogen) atoms. The molecule has 1 heterocycles. The third-order valence-electron chi connectivity index (χ3n) is 5.57. The number of hydrogen-bond acceptors (Lipinski definition) is 2. The van der Waals surface area contributed by atoms with Crippen molar-refractivity contribution in [1.29, 1.82) is 0 Å². The van der Waals surface area contributed by atoms with E-state index in [0.717, 1.165) is 12.3 Å². The molecule has 3 nitrogen and oxygen atoms in total. The number of aromatic nitrogens is 2. The molecule has 0 atom stereocenters. The van der Waals surface area contributed by atoms with Gasteiger partial charge in [-0.25, -0.2) is 0 Å². The van der Waals surface area contributed by atoms with Crippen molar-refractivity contribution in [2.45, 2.75) is 82.7 Å². The van der Waals surface area contributed by atoms with Crippen molar-refractivity contribution in [3.05, 3.63) is 18.0 Å². The molecule has 0 radical (unpaired) electrons. The predicted octanol–water partition coefficient (Wildman–Crippen LogP) is 3.84. The van der Waals surface area contributed by atoms with Crippen LogP contribution in [0, 0.1) is 5.92 Å². The zero-order valence-electron chi connectivity index (χ0n) is 12.9. The van der Waals surface area contributed by atoms with E-state index in [1.54, 1.807) is 0 Å². The Labute approximate surface area is 122 Å². The molecule has 3 heteroatoms. The van der Waals surface area contributed by atoms with Gasteiger partial charge in [-0.3, -0.25) is 4.68 Å². The van der Waals surface area contributed by atoms with Gasteiger partial charge >= 0.3 is 0 Å². The Hall–Kier alpha value is -0.830. The van der Waals surface area contributed by atoms with Crippen molar-refractivity contribution in [3.63, 3.8) is 0 Å². The van der Waals surface area contributed by atoms with Crippen LogP contribution < -0.4 is 5.73 Å². The summed E-state index contributed by atoms with van der Waals surface area (Å²) < 4.78 is 2.20. The number of nitrogens with two attached hydrogens (primary N) is 1. The standard InChI is InChI=1S/C17H29N3/c1-2-14-7-10-17(18,11-8-14)13-15-9-12-20(19-15)16-5-3-4-6-16/h9,12,14,16H,2-8,10-11,13,18H2,1H3. The highest BCUT2D eigenvalue weighted by molar-refractivity contribution is 5.07. The van der Waals surface area contributed by atoms with E-state index in [1.165, 1.54) is 63.5 Å². The highest BCUT2D eigenvalue weighted by atomic mass is 15.3. The summed E-state index contributed by atoms with van der Waals surface area (Å²) in [5.74, 6) is 0.905. The largest absolute Gasteiger partial charge is 0.325 e. The van der Waals surface area contributed by atoms with Crippen molar-refractivity contribution < 1.29 is 0 Å². The monoisotopic (exact) mass is 275 g/mol. The Morgan fingerprint density at radius 1 is 1.25 bits per heavy atom. The lowest BCUT2D eigenvalue weighted by Crippen LogP contribution is -2.45. The van der Waals surface area contributed by atoms with Gasteiger partial charge in [0.25, 0.3) is 0 Å². The van der Waals surface area contributed by atoms with E-state index >= 15 is 0 Å². The smallest absolute Gasteiger partial charge is 0.0643 e. The molecule has 0 spiro atoms. The summed E-state index contributed by atoms with van der Waals surface area (Å²) in [6, 6.07) is 2.84. The van der Waals surface area contributed by atoms with Gasteiger partial charge in [0.15, 0.2) is 0 Å². The lowest BCUT2D eigenvalue weighted by Gasteiger charge is -2.36. The molecule has 0 aromatic carbocycles. The summed E-state index contributed by atoms with van der Waals surface area (Å²) >= 11 is 0. The molecule has 2 aliphatic carbocycles. The summed E-state index contributed by atoms with van der Waals surface area (Å²) in [6.45, 7) is 2.30. The molecule has 2 saturated carbocycles. The first kappa shape index (κ1) is 14.1. The average molecular weight is 275 g/mol. The third kappa shape index (κ3) is 3.08. The first-order chi connectivity index (χ1) is 9.68. The van der Waals surface area contributed by atoms with Gasteiger partial charge in [-0.15, -0.1) is 0 Å². The lowest BCUT2D eigenvalue weighted by molar-refractivity contribution is 0.226. The molecule has 2 aliphatic rings. The first-order valence-corrected chi connectivity index (χ1v) is 8.51. The van der Waals surface area contributed by atoms with Crippen molar-refractivity contribution in [2.75, 3.05) is 0 Å². The van der Waals surface area contributed by atoms with Crippen LogP contribution in [0.3, 0.4) is 0 Å². The van der Waals surface area contributed by atoms with Gasteiger partial charge in [-0.2, -0.15) is 5.10 Å². The first-order valence-electron chi connectivity index (χ1n) is 8.51. The maximum atomic E-state index is 6.62. The Balaban J connectivity index is 1.60. The van der Waals surface area contributed by atoms with Crippen LogP contribution in [0.1, 0.15) is 76.4 Å². The van der Waals surface area contributed by atoms with Crippen molar-refractivity contribution in [3.8, 4) is 0 Å². The molecule has 3 rings (SSSR count). The van der Waals surface area contributed by atoms with Crippen LogP contribution in [0.15, 0.2) is 12.3 Å². The van der Waals surface area contributed by atoms with Gasteiger partial charge < -0.3 is 5.73 Å². The molecular formula is C17H29N3. The number of hydrogen-bond donors (Lipinski definition) is 1. The molecular weight excluding hydrogens is 246 g/mol. The summed E-state index contributed by atoms with van der Waals surface area (Å²) in [4.78, 5) is 0. The summed E-state index contributed by atoms with van der Waals surface area (Å²) in [7, 11) is 0. The van der Waals surface area contributed by atoms with E-state index in [4.69, 9.17) is 10.8 Å². The average Bonchev–Trinajstić information content (AvgIpc) is 3.10. The van der Waals surface area contributed by atoms with E-state index in [0.29, 0.717) is 6.04 Å². The van der Waals surface area contributed by atoms with E-state index in [9.17, 15) is 0 Å². The Kier molecular flexibility index (Phi) is 4.16. The van der Waals surface area contributed by atoms with Crippen molar-refractivity contribution in [1.82, 2.24) is 9.78 Å². The molecule has 2 fully saturated rings. The van der Waals surface area contributed by atoms with Gasteiger partial charge in [0.05, 0.1) is 11.7 Å². The highest BCUT2D eigenvalue weighted by Crippen LogP contribution is 2.34. The molecule has 1 aromatic heterocycles. The summed E-state index contributed by atoms with van der Waals surface area (Å²) in [5, 5.41) is 4.81. The van der Waals surface area contributed by atoms with E-state index < -0.39 is 0 Å². The van der Waals surface area contributed by atoms with E-state index in [2.05, 4.69) is 23.9 Å². The topological polar surface area (TPSA) is 43.8 Å². The van der Waals surface area contributed by atoms with Gasteiger partial charge in [-0.05, 0) is 50.5 Å². The zero-order valence-corrected chi connectivity index (χ0v) is 12.9. The summed E-state index contributed by atoms with van der Waals surface area (Å²) in [6.07, 6.45) is 14.7. The Morgan fingerprint density at radius 3 is 2.60 bits per heavy atom. The minimum Gasteiger partial charge on any atom is -0.325 e. The van der Waals surface area contributed by atoms with E-state index in [-0.39, 0.29) is 5.54 Å². The van der Waals surface area contributed by atoms with E-state index in [1.807, 2.05) is 0 Å². The van der Waals surface area contributed by atoms with Crippen LogP contribution in [0.5, 0.6) is 0 Å². The van der Waals surface area contributed by atoms with Crippen LogP contribution in [0.4, 0.5) is 0 Å². The second kappa shape index (κ2) is 5.88. The second-order valence-electron chi connectivity index (χ2n) is 7.12. The fourth-order valence-corrected chi connectivity index (χ4v) is 4.04. The fraction of sp³-hybridized carbons (Fsp3) is 0.824. The van der Waals surface area contributed by atoms with Crippen LogP contribution >= 0.6 is 0 Å². The zero-order chi connectivity index (χ0) is 14.0. The van der Waals surface area contributed by atoms with Gasteiger partial charge in [0.1, 0.15) is 0 Å². The quantitative estimate of drug-likeness (QED) is 0.907. The molecule has 0 unspecified atom stereocenters. The normalized spacial score (nSPS) is 31.8. The molecule has 112 valence electrons. The van der Waals surface area contributed by atoms with Crippen molar-refractivity contribution >= 4 is 0 Å². The van der Waals surface area contributed by atoms with Crippen LogP contribution in [-0.4, -0.2) is 15.3 Å². The molecule has 1 aromatic rings. The molecule has 0 amide bonds. The number of nitrogens with zero attached hydrogens (tertiary/aromatic N) is 2. The third-order valence-corrected chi connectivity index (χ3v) is 5.57. The van der Waals surface area contributed by atoms with Crippen LogP contribution in [-0.2, 0) is 6.42 Å². The maximum Gasteiger partial charge on any atom is 0.0643 e. The SMILES string of the molecule is CCC1CCC(N)(Cc2ccn(C3CCCC3)n2)CC1. The minimum absolute atomic E-state index is 0.000525. The van der Waals surface area contributed by atoms with Crippen LogP contribution in [0.2, 0.25) is 0 Å². The highest BCUT2D eigenvalue weighted by Gasteiger charge is 2.32. The van der Waals surface area contributed by atoms with Crippen molar-refractivity contribution in [2.24, 2.45) is 11.7 Å². The predicted molar refractivity (Wildman–Crippen MR) is 82.6 cm³/mol. The maximum absolute atomic E-state index is 6.62. The Bertz CT molecular complexity index is 423. The molecule has 0 bridgehead atoms. The fourth-order valence-electron chi connectivity index (χ4n) is 4.04. The van der Waals surface area contributed by atoms with Crippen LogP contribution in [0.25, 0.3) is 0 Å². The minimum atomic E-state index is 0.000525. The molecule has 0 saturated heterocycles. The van der Waals surface area contributed by atoms with Gasteiger partial charge in [0, 0.05) is 18.2 Å². The molecule has 2 N–H and O–H groups in total. The number of rotatable bonds is 4. The van der Waals surface area contributed by atoms with Gasteiger partial charge in [-0.1, -0.05) is 26.2 Å². The Morgan fingerprint density at radius 2 is 1.95 bits per heavy atom. The second-order valence-corrected chi connectivity index (χ2v) is 7.12. The van der Waals surface area contributed by atoms with Gasteiger partial charge in [0.2, 0.25) is 0 Å². The summed E-state index contributed by atoms with van der Waals surface area (Å²) in [5.41, 5.74) is 7.83.